The number of rotatable bonds is 5. The molecule has 5 heteroatoms. The second-order valence-electron chi connectivity index (χ2n) is 6.81. The minimum Gasteiger partial charge on any atom is -0.326 e. The third-order valence-corrected chi connectivity index (χ3v) is 5.30. The van der Waals surface area contributed by atoms with Crippen LogP contribution in [0.1, 0.15) is 30.9 Å². The van der Waals surface area contributed by atoms with Crippen LogP contribution >= 0.6 is 11.6 Å². The van der Waals surface area contributed by atoms with Gasteiger partial charge in [-0.1, -0.05) is 36.7 Å². The van der Waals surface area contributed by atoms with Crippen LogP contribution in [-0.2, 0) is 17.8 Å². The van der Waals surface area contributed by atoms with Crippen molar-refractivity contribution in [2.75, 3.05) is 18.4 Å². The topological polar surface area (TPSA) is 32.3 Å². The molecule has 26 heavy (non-hydrogen) atoms. The van der Waals surface area contributed by atoms with Gasteiger partial charge in [-0.2, -0.15) is 0 Å². The second-order valence-corrected chi connectivity index (χ2v) is 7.22. The van der Waals surface area contributed by atoms with E-state index in [0.717, 1.165) is 31.5 Å². The summed E-state index contributed by atoms with van der Waals surface area (Å²) in [6, 6.07) is 12.7. The maximum atomic E-state index is 14.0. The Kier molecular flexibility index (Phi) is 6.28. The number of aryl methyl sites for hydroxylation is 1. The van der Waals surface area contributed by atoms with Gasteiger partial charge < -0.3 is 5.32 Å². The van der Waals surface area contributed by atoms with Crippen molar-refractivity contribution in [1.29, 1.82) is 0 Å². The summed E-state index contributed by atoms with van der Waals surface area (Å²) in [4.78, 5) is 14.7. The molecule has 3 rings (SSSR count). The van der Waals surface area contributed by atoms with Crippen molar-refractivity contribution in [2.24, 2.45) is 5.92 Å². The van der Waals surface area contributed by atoms with E-state index < -0.39 is 0 Å². The van der Waals surface area contributed by atoms with Crippen LogP contribution in [0.3, 0.4) is 0 Å². The molecule has 1 aliphatic heterocycles. The third-order valence-electron chi connectivity index (χ3n) is 4.95. The fourth-order valence-corrected chi connectivity index (χ4v) is 3.61. The minimum absolute atomic E-state index is 0.0265. The van der Waals surface area contributed by atoms with Crippen LogP contribution in [0, 0.1) is 11.7 Å². The zero-order valence-electron chi connectivity index (χ0n) is 15.0. The molecule has 1 aliphatic rings. The lowest BCUT2D eigenvalue weighted by molar-refractivity contribution is -0.121. The average Bonchev–Trinajstić information content (AvgIpc) is 2.66. The number of likely N-dealkylation sites (tertiary alicyclic amines) is 1. The Bertz CT molecular complexity index is 743. The summed E-state index contributed by atoms with van der Waals surface area (Å²) in [5.41, 5.74) is 2.57. The molecule has 0 aromatic heterocycles. The fourth-order valence-electron chi connectivity index (χ4n) is 3.39. The number of halogens is 2. The molecule has 0 radical (unpaired) electrons. The third kappa shape index (κ3) is 4.63. The van der Waals surface area contributed by atoms with E-state index >= 15 is 0 Å². The van der Waals surface area contributed by atoms with Crippen molar-refractivity contribution in [1.82, 2.24) is 4.90 Å². The molecule has 1 amide bonds. The zero-order valence-corrected chi connectivity index (χ0v) is 15.7. The smallest absolute Gasteiger partial charge is 0.228 e. The molecule has 0 aliphatic carbocycles. The lowest BCUT2D eigenvalue weighted by Gasteiger charge is -2.32. The normalized spacial score (nSPS) is 17.9. The van der Waals surface area contributed by atoms with Gasteiger partial charge in [-0.15, -0.1) is 0 Å². The summed E-state index contributed by atoms with van der Waals surface area (Å²) < 4.78 is 14.0. The van der Waals surface area contributed by atoms with E-state index in [1.807, 2.05) is 24.3 Å². The second kappa shape index (κ2) is 8.65. The summed E-state index contributed by atoms with van der Waals surface area (Å²) in [6.45, 7) is 4.00. The first-order chi connectivity index (χ1) is 12.6. The lowest BCUT2D eigenvalue weighted by Crippen LogP contribution is -2.40. The summed E-state index contributed by atoms with van der Waals surface area (Å²) in [6.07, 6.45) is 2.74. The highest BCUT2D eigenvalue weighted by Gasteiger charge is 2.26. The molecule has 1 fully saturated rings. The number of hydrogen-bond donors (Lipinski definition) is 1. The van der Waals surface area contributed by atoms with Crippen LogP contribution in [-0.4, -0.2) is 23.9 Å². The zero-order chi connectivity index (χ0) is 18.5. The largest absolute Gasteiger partial charge is 0.326 e. The first-order valence-electron chi connectivity index (χ1n) is 9.12. The number of nitrogens with one attached hydrogen (secondary N) is 1. The monoisotopic (exact) mass is 374 g/mol. The fraction of sp³-hybridized carbons (Fsp3) is 0.381. The Morgan fingerprint density at radius 3 is 2.73 bits per heavy atom. The first kappa shape index (κ1) is 18.9. The molecule has 0 saturated carbocycles. The first-order valence-corrected chi connectivity index (χ1v) is 9.49. The molecule has 138 valence electrons. The Morgan fingerprint density at radius 2 is 2.04 bits per heavy atom. The number of carbonyl (C=O) groups excluding carboxylic acids is 1. The number of carbonyl (C=O) groups is 1. The van der Waals surface area contributed by atoms with Crippen molar-refractivity contribution in [2.45, 2.75) is 32.7 Å². The Morgan fingerprint density at radius 1 is 1.27 bits per heavy atom. The molecule has 3 nitrogen and oxygen atoms in total. The maximum absolute atomic E-state index is 14.0. The van der Waals surface area contributed by atoms with Gasteiger partial charge in [-0.05, 0) is 55.6 Å². The van der Waals surface area contributed by atoms with Gasteiger partial charge in [-0.25, -0.2) is 4.39 Å². The van der Waals surface area contributed by atoms with Crippen molar-refractivity contribution < 1.29 is 9.18 Å². The molecule has 2 aromatic rings. The van der Waals surface area contributed by atoms with Gasteiger partial charge in [0.15, 0.2) is 0 Å². The molecule has 1 N–H and O–H groups in total. The maximum Gasteiger partial charge on any atom is 0.228 e. The Balaban J connectivity index is 1.61. The molecule has 2 aromatic carbocycles. The Hall–Kier alpha value is -1.91. The SMILES string of the molecule is CCc1ccc(NC(=O)C2CCCN(Cc3c(F)cccc3Cl)C2)cc1. The van der Waals surface area contributed by atoms with E-state index in [2.05, 4.69) is 17.1 Å². The average molecular weight is 375 g/mol. The number of benzene rings is 2. The van der Waals surface area contributed by atoms with Crippen LogP contribution in [0.25, 0.3) is 0 Å². The standard InChI is InChI=1S/C21H24ClFN2O/c1-2-15-8-10-17(11-9-15)24-21(26)16-5-4-12-25(13-16)14-18-19(22)6-3-7-20(18)23/h3,6-11,16H,2,4-5,12-14H2,1H3,(H,24,26). The highest BCUT2D eigenvalue weighted by Crippen LogP contribution is 2.25. The molecule has 1 heterocycles. The summed E-state index contributed by atoms with van der Waals surface area (Å²) in [5, 5.41) is 3.44. The van der Waals surface area contributed by atoms with E-state index in [1.165, 1.54) is 11.6 Å². The van der Waals surface area contributed by atoms with Crippen LogP contribution in [0.4, 0.5) is 10.1 Å². The van der Waals surface area contributed by atoms with Crippen molar-refractivity contribution in [3.63, 3.8) is 0 Å². The van der Waals surface area contributed by atoms with E-state index in [0.29, 0.717) is 23.7 Å². The Labute approximate surface area is 159 Å². The molecule has 1 atom stereocenters. The van der Waals surface area contributed by atoms with Crippen molar-refractivity contribution in [3.05, 3.63) is 64.4 Å². The van der Waals surface area contributed by atoms with Gasteiger partial charge >= 0.3 is 0 Å². The van der Waals surface area contributed by atoms with Gasteiger partial charge in [0.1, 0.15) is 5.82 Å². The lowest BCUT2D eigenvalue weighted by atomic mass is 9.96. The molecular weight excluding hydrogens is 351 g/mol. The van der Waals surface area contributed by atoms with Gasteiger partial charge in [0.25, 0.3) is 0 Å². The summed E-state index contributed by atoms with van der Waals surface area (Å²) in [5.74, 6) is -0.362. The molecule has 1 saturated heterocycles. The van der Waals surface area contributed by atoms with Gasteiger partial charge in [0, 0.05) is 29.4 Å². The van der Waals surface area contributed by atoms with Crippen LogP contribution < -0.4 is 5.32 Å². The van der Waals surface area contributed by atoms with E-state index in [9.17, 15) is 9.18 Å². The van der Waals surface area contributed by atoms with Crippen molar-refractivity contribution in [3.8, 4) is 0 Å². The van der Waals surface area contributed by atoms with Crippen LogP contribution in [0.5, 0.6) is 0 Å². The van der Waals surface area contributed by atoms with Gasteiger partial charge in [-0.3, -0.25) is 9.69 Å². The predicted molar refractivity (Wildman–Crippen MR) is 104 cm³/mol. The number of nitrogens with zero attached hydrogens (tertiary/aromatic N) is 1. The highest BCUT2D eigenvalue weighted by molar-refractivity contribution is 6.31. The van der Waals surface area contributed by atoms with Crippen molar-refractivity contribution >= 4 is 23.2 Å². The molecular formula is C21H24ClFN2O. The predicted octanol–water partition coefficient (Wildman–Crippen LogP) is 4.89. The van der Waals surface area contributed by atoms with Crippen LogP contribution in [0.15, 0.2) is 42.5 Å². The summed E-state index contributed by atoms with van der Waals surface area (Å²) in [7, 11) is 0. The number of amides is 1. The molecule has 0 spiro atoms. The van der Waals surface area contributed by atoms with Crippen LogP contribution in [0.2, 0.25) is 5.02 Å². The van der Waals surface area contributed by atoms with E-state index in [4.69, 9.17) is 11.6 Å². The quantitative estimate of drug-likeness (QED) is 0.807. The van der Waals surface area contributed by atoms with E-state index in [-0.39, 0.29) is 17.6 Å². The van der Waals surface area contributed by atoms with Gasteiger partial charge in [0.2, 0.25) is 5.91 Å². The number of anilines is 1. The molecule has 1 unspecified atom stereocenters. The highest BCUT2D eigenvalue weighted by atomic mass is 35.5. The minimum atomic E-state index is -0.292. The number of piperidine rings is 1. The molecule has 0 bridgehead atoms. The van der Waals surface area contributed by atoms with E-state index in [1.54, 1.807) is 12.1 Å². The summed E-state index contributed by atoms with van der Waals surface area (Å²) >= 11 is 6.13. The number of hydrogen-bond acceptors (Lipinski definition) is 2. The van der Waals surface area contributed by atoms with Gasteiger partial charge in [0.05, 0.1) is 5.92 Å².